The zero-order valence-corrected chi connectivity index (χ0v) is 9.40. The van der Waals surface area contributed by atoms with Crippen LogP contribution in [0.1, 0.15) is 22.8 Å². The van der Waals surface area contributed by atoms with E-state index in [9.17, 15) is 4.79 Å². The van der Waals surface area contributed by atoms with Crippen molar-refractivity contribution in [1.82, 2.24) is 9.88 Å². The van der Waals surface area contributed by atoms with E-state index < -0.39 is 0 Å². The van der Waals surface area contributed by atoms with Gasteiger partial charge in [0.25, 0.3) is 0 Å². The summed E-state index contributed by atoms with van der Waals surface area (Å²) in [4.78, 5) is 17.6. The fraction of sp³-hybridized carbons (Fsp3) is 0.333. The molecule has 0 aliphatic heterocycles. The van der Waals surface area contributed by atoms with Crippen LogP contribution in [0.4, 0.5) is 0 Å². The highest BCUT2D eigenvalue weighted by Crippen LogP contribution is 2.09. The third-order valence-electron chi connectivity index (χ3n) is 2.07. The van der Waals surface area contributed by atoms with Crippen LogP contribution in [0.3, 0.4) is 0 Å². The van der Waals surface area contributed by atoms with E-state index in [4.69, 9.17) is 0 Å². The van der Waals surface area contributed by atoms with Crippen molar-refractivity contribution in [2.75, 3.05) is 14.1 Å². The van der Waals surface area contributed by atoms with E-state index >= 15 is 0 Å². The van der Waals surface area contributed by atoms with Gasteiger partial charge >= 0.3 is 0 Å². The van der Waals surface area contributed by atoms with Gasteiger partial charge in [0.05, 0.1) is 0 Å². The number of aryl methyl sites for hydroxylation is 1. The Morgan fingerprint density at radius 2 is 2.27 bits per heavy atom. The first-order valence-corrected chi connectivity index (χ1v) is 4.97. The first kappa shape index (κ1) is 11.4. The first-order chi connectivity index (χ1) is 7.15. The Morgan fingerprint density at radius 1 is 1.53 bits per heavy atom. The molecule has 15 heavy (non-hydrogen) atoms. The summed E-state index contributed by atoms with van der Waals surface area (Å²) in [5.41, 5.74) is 1.73. The van der Waals surface area contributed by atoms with E-state index in [1.807, 2.05) is 25.9 Å². The SMILES string of the molecule is CCc1cnccc1C(=O)C=CN(C)C. The molecule has 1 aromatic heterocycles. The molecule has 0 saturated carbocycles. The van der Waals surface area contributed by atoms with Gasteiger partial charge in [-0.05, 0) is 18.1 Å². The zero-order valence-electron chi connectivity index (χ0n) is 9.40. The Balaban J connectivity index is 2.91. The van der Waals surface area contributed by atoms with Gasteiger partial charge in [-0.2, -0.15) is 0 Å². The van der Waals surface area contributed by atoms with Crippen molar-refractivity contribution < 1.29 is 4.79 Å². The largest absolute Gasteiger partial charge is 0.383 e. The molecule has 3 heteroatoms. The second-order valence-corrected chi connectivity index (χ2v) is 3.53. The lowest BCUT2D eigenvalue weighted by Gasteiger charge is -2.05. The summed E-state index contributed by atoms with van der Waals surface area (Å²) >= 11 is 0. The van der Waals surface area contributed by atoms with Crippen molar-refractivity contribution in [3.05, 3.63) is 41.9 Å². The number of nitrogens with zero attached hydrogens (tertiary/aromatic N) is 2. The van der Waals surface area contributed by atoms with Crippen molar-refractivity contribution in [2.45, 2.75) is 13.3 Å². The summed E-state index contributed by atoms with van der Waals surface area (Å²) in [5.74, 6) is 0.0305. The molecular formula is C12H16N2O. The monoisotopic (exact) mass is 204 g/mol. The van der Waals surface area contributed by atoms with E-state index in [1.165, 1.54) is 0 Å². The van der Waals surface area contributed by atoms with Crippen LogP contribution in [0.5, 0.6) is 0 Å². The molecule has 0 aromatic carbocycles. The lowest BCUT2D eigenvalue weighted by atomic mass is 10.0. The highest BCUT2D eigenvalue weighted by atomic mass is 16.1. The minimum absolute atomic E-state index is 0.0305. The van der Waals surface area contributed by atoms with Crippen molar-refractivity contribution >= 4 is 5.78 Å². The van der Waals surface area contributed by atoms with Crippen molar-refractivity contribution in [1.29, 1.82) is 0 Å². The number of allylic oxidation sites excluding steroid dienone is 1. The fourth-order valence-electron chi connectivity index (χ4n) is 1.26. The Hall–Kier alpha value is -1.64. The van der Waals surface area contributed by atoms with Crippen molar-refractivity contribution in [3.8, 4) is 0 Å². The molecule has 0 aliphatic rings. The van der Waals surface area contributed by atoms with Crippen LogP contribution in [0.15, 0.2) is 30.7 Å². The van der Waals surface area contributed by atoms with Gasteiger partial charge in [0, 0.05) is 44.3 Å². The molecule has 0 amide bonds. The highest BCUT2D eigenvalue weighted by Gasteiger charge is 2.06. The van der Waals surface area contributed by atoms with Crippen LogP contribution in [-0.4, -0.2) is 29.8 Å². The summed E-state index contributed by atoms with van der Waals surface area (Å²) < 4.78 is 0. The number of rotatable bonds is 4. The van der Waals surface area contributed by atoms with Gasteiger partial charge in [-0.15, -0.1) is 0 Å². The maximum absolute atomic E-state index is 11.8. The van der Waals surface area contributed by atoms with Crippen LogP contribution in [0.25, 0.3) is 0 Å². The molecule has 1 aromatic rings. The molecule has 0 atom stereocenters. The molecule has 0 bridgehead atoms. The first-order valence-electron chi connectivity index (χ1n) is 4.97. The molecule has 0 radical (unpaired) electrons. The number of pyridine rings is 1. The third kappa shape index (κ3) is 3.20. The van der Waals surface area contributed by atoms with E-state index in [2.05, 4.69) is 4.98 Å². The molecule has 0 aliphatic carbocycles. The van der Waals surface area contributed by atoms with Gasteiger partial charge in [-0.1, -0.05) is 6.92 Å². The average Bonchev–Trinajstić information content (AvgIpc) is 2.25. The second-order valence-electron chi connectivity index (χ2n) is 3.53. The Kier molecular flexibility index (Phi) is 4.03. The topological polar surface area (TPSA) is 33.2 Å². The van der Waals surface area contributed by atoms with Gasteiger partial charge in [-0.25, -0.2) is 0 Å². The molecule has 0 N–H and O–H groups in total. The quantitative estimate of drug-likeness (QED) is 0.555. The van der Waals surface area contributed by atoms with E-state index in [1.54, 1.807) is 30.7 Å². The highest BCUT2D eigenvalue weighted by molar-refractivity contribution is 6.05. The van der Waals surface area contributed by atoms with Gasteiger partial charge in [-0.3, -0.25) is 9.78 Å². The van der Waals surface area contributed by atoms with Gasteiger partial charge in [0.15, 0.2) is 5.78 Å². The smallest absolute Gasteiger partial charge is 0.187 e. The standard InChI is InChI=1S/C12H16N2O/c1-4-10-9-13-7-5-11(10)12(15)6-8-14(2)3/h5-9H,4H2,1-3H3. The molecule has 80 valence electrons. The molecule has 1 rings (SSSR count). The van der Waals surface area contributed by atoms with Crippen LogP contribution in [0.2, 0.25) is 0 Å². The average molecular weight is 204 g/mol. The number of ketones is 1. The Morgan fingerprint density at radius 3 is 2.87 bits per heavy atom. The zero-order chi connectivity index (χ0) is 11.3. The molecule has 0 saturated heterocycles. The van der Waals surface area contributed by atoms with Gasteiger partial charge in [0.1, 0.15) is 0 Å². The van der Waals surface area contributed by atoms with E-state index in [0.717, 1.165) is 17.5 Å². The number of aromatic nitrogens is 1. The number of carbonyl (C=O) groups is 1. The molecule has 3 nitrogen and oxygen atoms in total. The summed E-state index contributed by atoms with van der Waals surface area (Å²) in [7, 11) is 3.77. The normalized spacial score (nSPS) is 10.6. The van der Waals surface area contributed by atoms with Crippen molar-refractivity contribution in [2.24, 2.45) is 0 Å². The molecular weight excluding hydrogens is 188 g/mol. The Bertz CT molecular complexity index is 370. The van der Waals surface area contributed by atoms with Crippen LogP contribution in [-0.2, 0) is 6.42 Å². The second kappa shape index (κ2) is 5.29. The molecule has 0 spiro atoms. The van der Waals surface area contributed by atoms with E-state index in [-0.39, 0.29) is 5.78 Å². The lowest BCUT2D eigenvalue weighted by Crippen LogP contribution is -2.05. The lowest BCUT2D eigenvalue weighted by molar-refractivity contribution is 0.104. The summed E-state index contributed by atoms with van der Waals surface area (Å²) in [6, 6.07) is 1.77. The molecule has 0 unspecified atom stereocenters. The van der Waals surface area contributed by atoms with Gasteiger partial charge < -0.3 is 4.90 Å². The molecule has 0 fully saturated rings. The minimum Gasteiger partial charge on any atom is -0.383 e. The van der Waals surface area contributed by atoms with Crippen LogP contribution < -0.4 is 0 Å². The summed E-state index contributed by atoms with van der Waals surface area (Å²) in [6.45, 7) is 2.02. The maximum atomic E-state index is 11.8. The number of hydrogen-bond donors (Lipinski definition) is 0. The molecule has 1 heterocycles. The summed E-state index contributed by atoms with van der Waals surface area (Å²) in [5, 5.41) is 0. The number of hydrogen-bond acceptors (Lipinski definition) is 3. The number of carbonyl (C=O) groups excluding carboxylic acids is 1. The third-order valence-corrected chi connectivity index (χ3v) is 2.07. The van der Waals surface area contributed by atoms with Crippen molar-refractivity contribution in [3.63, 3.8) is 0 Å². The minimum atomic E-state index is 0.0305. The summed E-state index contributed by atoms with van der Waals surface area (Å²) in [6.07, 6.45) is 7.55. The Labute approximate surface area is 90.4 Å². The van der Waals surface area contributed by atoms with Crippen LogP contribution in [0, 0.1) is 0 Å². The van der Waals surface area contributed by atoms with Gasteiger partial charge in [0.2, 0.25) is 0 Å². The predicted octanol–water partition coefficient (Wildman–Crippen LogP) is 1.90. The van der Waals surface area contributed by atoms with Crippen LogP contribution >= 0.6 is 0 Å². The predicted molar refractivity (Wildman–Crippen MR) is 60.8 cm³/mol. The van der Waals surface area contributed by atoms with E-state index in [0.29, 0.717) is 0 Å². The fourth-order valence-corrected chi connectivity index (χ4v) is 1.26. The maximum Gasteiger partial charge on any atom is 0.187 e.